The van der Waals surface area contributed by atoms with Crippen molar-refractivity contribution in [1.82, 2.24) is 5.48 Å². The summed E-state index contributed by atoms with van der Waals surface area (Å²) >= 11 is 0. The summed E-state index contributed by atoms with van der Waals surface area (Å²) in [6.45, 7) is 45.0. The highest BCUT2D eigenvalue weighted by Crippen LogP contribution is 2.15. The van der Waals surface area contributed by atoms with Crippen LogP contribution in [0.25, 0.3) is 0 Å². The molecule has 1 atom stereocenters. The summed E-state index contributed by atoms with van der Waals surface area (Å²) in [5, 5.41) is 0. The molecule has 0 aliphatic rings. The van der Waals surface area contributed by atoms with E-state index in [2.05, 4.69) is 149 Å². The predicted octanol–water partition coefficient (Wildman–Crippen LogP) is 25.3. The number of nitrogens with one attached hydrogen (secondary N) is 1. The van der Waals surface area contributed by atoms with Crippen LogP contribution in [0.4, 0.5) is 0 Å². The predicted molar refractivity (Wildman–Crippen MR) is 335 cm³/mol. The molecule has 0 aliphatic carbocycles. The van der Waals surface area contributed by atoms with E-state index in [0.717, 1.165) is 25.2 Å². The molecule has 0 aromatic rings. The van der Waals surface area contributed by atoms with Crippen LogP contribution in [-0.4, -0.2) is 13.2 Å². The summed E-state index contributed by atoms with van der Waals surface area (Å²) in [7, 11) is 1.86. The topological polar surface area (TPSA) is 21.3 Å². The van der Waals surface area contributed by atoms with Gasteiger partial charge in [-0.05, 0) is 110 Å². The minimum absolute atomic E-state index is 0.420. The Bertz CT molecular complexity index is 940. The molecule has 1 unspecified atom stereocenters. The fourth-order valence-corrected chi connectivity index (χ4v) is 6.98. The fraction of sp³-hybridized carbons (Fsp3) is 0.765. The summed E-state index contributed by atoms with van der Waals surface area (Å²) in [6.07, 6.45) is 70.1. The first-order valence-corrected chi connectivity index (χ1v) is 30.5. The Morgan fingerprint density at radius 1 is 0.471 bits per heavy atom. The molecular formula is C68H137NO. The molecule has 0 radical (unpaired) electrons. The Kier molecular flexibility index (Phi) is 116. The molecule has 0 aromatic carbocycles. The Hall–Kier alpha value is -2.16. The second-order valence-electron chi connectivity index (χ2n) is 18.2. The molecule has 0 fully saturated rings. The van der Waals surface area contributed by atoms with Crippen LogP contribution in [0.2, 0.25) is 0 Å². The lowest BCUT2D eigenvalue weighted by Crippen LogP contribution is -2.20. The average Bonchev–Trinajstić information content (AvgIpc) is 3.37. The van der Waals surface area contributed by atoms with Crippen molar-refractivity contribution in [3.63, 3.8) is 0 Å². The van der Waals surface area contributed by atoms with Gasteiger partial charge in [0, 0.05) is 7.05 Å². The third-order valence-corrected chi connectivity index (χ3v) is 11.0. The van der Waals surface area contributed by atoms with Gasteiger partial charge in [0.05, 0.1) is 6.10 Å². The first kappa shape index (κ1) is 84.6. The Balaban J connectivity index is -0.000000117. The maximum absolute atomic E-state index is 5.51. The van der Waals surface area contributed by atoms with Crippen LogP contribution in [0.3, 0.4) is 0 Å². The highest BCUT2D eigenvalue weighted by molar-refractivity contribution is 4.92. The minimum Gasteiger partial charge on any atom is -0.299 e. The number of allylic oxidation sites excluding steroid dienone is 11. The third-order valence-electron chi connectivity index (χ3n) is 11.0. The van der Waals surface area contributed by atoms with Crippen LogP contribution < -0.4 is 5.48 Å². The molecule has 0 saturated carbocycles. The molecule has 1 N–H and O–H groups in total. The number of hydrogen-bond donors (Lipinski definition) is 1. The lowest BCUT2D eigenvalue weighted by Gasteiger charge is -2.15. The summed E-state index contributed by atoms with van der Waals surface area (Å²) < 4.78 is 0. The zero-order valence-corrected chi connectivity index (χ0v) is 51.3. The van der Waals surface area contributed by atoms with Crippen molar-refractivity contribution in [1.29, 1.82) is 0 Å². The van der Waals surface area contributed by atoms with Gasteiger partial charge in [-0.1, -0.05) is 284 Å². The van der Waals surface area contributed by atoms with E-state index >= 15 is 0 Å². The molecule has 0 amide bonds. The molecule has 0 saturated heterocycles. The van der Waals surface area contributed by atoms with E-state index in [1.54, 1.807) is 0 Å². The standard InChI is InChI=1S/C19H34.C17H37NO.C11H22.C8H14.C7H14.2C2H6.C2H4/c1-3-5-7-9-11-13-15-17-19-18-16-14-12-10-8-6-4-2;1-4-6-7-8-9-10-11-12-13-14-16-17(15-5-2)19-18-3;1-4-5-6-7-8-9-10-11(2)3;1-4-6-8(3)7-5-2;1-3-5-7-6-4-2;3*1-2/h3,5,10,12,16,18H,4,6-9,11,13-15,17,19H2,1-2H3;17-18H,4-16H2,1-3H3;2,4-10H2,1,3H3;4-5,8H,1-2,6-7H2,3H3;5,7H,3-4,6H2,1-2H3;2*1-2H3;1-2H2/b5-3?,12-10-,18-16-;;;;;;;. The van der Waals surface area contributed by atoms with Gasteiger partial charge in [0.1, 0.15) is 0 Å². The molecule has 0 heterocycles. The van der Waals surface area contributed by atoms with E-state index in [-0.39, 0.29) is 0 Å². The molecule has 0 aromatic heterocycles. The van der Waals surface area contributed by atoms with E-state index in [0.29, 0.717) is 6.10 Å². The van der Waals surface area contributed by atoms with Crippen molar-refractivity contribution in [2.75, 3.05) is 7.05 Å². The van der Waals surface area contributed by atoms with Crippen molar-refractivity contribution in [3.05, 3.63) is 99.2 Å². The van der Waals surface area contributed by atoms with Crippen LogP contribution >= 0.6 is 0 Å². The van der Waals surface area contributed by atoms with E-state index in [1.807, 2.05) is 46.9 Å². The van der Waals surface area contributed by atoms with Gasteiger partial charge in [-0.25, -0.2) is 5.48 Å². The first-order chi connectivity index (χ1) is 34.3. The maximum Gasteiger partial charge on any atom is 0.0790 e. The van der Waals surface area contributed by atoms with Gasteiger partial charge in [-0.3, -0.25) is 4.84 Å². The highest BCUT2D eigenvalue weighted by atomic mass is 16.7. The number of hydrogen-bond acceptors (Lipinski definition) is 2. The van der Waals surface area contributed by atoms with Gasteiger partial charge in [0.25, 0.3) is 0 Å². The average molecular weight is 985 g/mol. The second-order valence-corrected chi connectivity index (χ2v) is 18.2. The normalized spacial score (nSPS) is 10.7. The van der Waals surface area contributed by atoms with Gasteiger partial charge in [-0.2, -0.15) is 0 Å². The van der Waals surface area contributed by atoms with Gasteiger partial charge >= 0.3 is 0 Å². The minimum atomic E-state index is 0.420. The second kappa shape index (κ2) is 96.3. The molecule has 2 nitrogen and oxygen atoms in total. The summed E-state index contributed by atoms with van der Waals surface area (Å²) in [6, 6.07) is 0. The SMILES string of the molecule is C=C.C=C(C)CCCCCCCC.C=CCC(C)CC=C.CC.CC.CC=CCCCCCCC/C=C\C/C=C\CCCC.CCC=CCCC.CCCCCCCCCCCCC(CCC)ONC. The Morgan fingerprint density at radius 2 is 0.871 bits per heavy atom. The Morgan fingerprint density at radius 3 is 1.26 bits per heavy atom. The number of rotatable bonds is 42. The molecule has 0 rings (SSSR count). The zero-order valence-electron chi connectivity index (χ0n) is 51.3. The summed E-state index contributed by atoms with van der Waals surface area (Å²) in [5.41, 5.74) is 4.17. The van der Waals surface area contributed by atoms with Gasteiger partial charge in [0.2, 0.25) is 0 Å². The smallest absolute Gasteiger partial charge is 0.0790 e. The van der Waals surface area contributed by atoms with Crippen LogP contribution in [0.5, 0.6) is 0 Å². The van der Waals surface area contributed by atoms with Crippen molar-refractivity contribution >= 4 is 0 Å². The fourth-order valence-electron chi connectivity index (χ4n) is 6.98. The maximum atomic E-state index is 5.51. The first-order valence-electron chi connectivity index (χ1n) is 30.5. The molecule has 70 heavy (non-hydrogen) atoms. The summed E-state index contributed by atoms with van der Waals surface area (Å²) in [4.78, 5) is 5.51. The molecule has 0 bridgehead atoms. The summed E-state index contributed by atoms with van der Waals surface area (Å²) in [5.74, 6) is 0.727. The number of unbranched alkanes of at least 4 members (excludes halogenated alkanes) is 23. The van der Waals surface area contributed by atoms with Crippen molar-refractivity contribution in [3.8, 4) is 0 Å². The van der Waals surface area contributed by atoms with Gasteiger partial charge in [0.15, 0.2) is 0 Å². The van der Waals surface area contributed by atoms with Gasteiger partial charge in [-0.15, -0.1) is 32.9 Å². The molecule has 2 heteroatoms. The molecule has 420 valence electrons. The number of hydroxylamine groups is 1. The van der Waals surface area contributed by atoms with Crippen molar-refractivity contribution in [2.45, 2.75) is 327 Å². The highest BCUT2D eigenvalue weighted by Gasteiger charge is 2.07. The third kappa shape index (κ3) is 111. The quantitative estimate of drug-likeness (QED) is 0.0374. The Labute approximate surface area is 447 Å². The van der Waals surface area contributed by atoms with Crippen LogP contribution in [0.1, 0.15) is 321 Å². The molecule has 0 spiro atoms. The van der Waals surface area contributed by atoms with Gasteiger partial charge < -0.3 is 0 Å². The molecular weight excluding hydrogens is 847 g/mol. The van der Waals surface area contributed by atoms with Crippen molar-refractivity contribution < 1.29 is 4.84 Å². The zero-order chi connectivity index (χ0) is 54.7. The van der Waals surface area contributed by atoms with E-state index in [1.165, 1.54) is 217 Å². The molecule has 0 aliphatic heterocycles. The van der Waals surface area contributed by atoms with E-state index < -0.39 is 0 Å². The van der Waals surface area contributed by atoms with Crippen molar-refractivity contribution in [2.24, 2.45) is 5.92 Å². The van der Waals surface area contributed by atoms with E-state index in [4.69, 9.17) is 4.84 Å². The van der Waals surface area contributed by atoms with E-state index in [9.17, 15) is 0 Å². The van der Waals surface area contributed by atoms with Crippen LogP contribution in [-0.2, 0) is 4.84 Å². The monoisotopic (exact) mass is 984 g/mol. The lowest BCUT2D eigenvalue weighted by atomic mass is 10.0. The van der Waals surface area contributed by atoms with Crippen LogP contribution in [0.15, 0.2) is 99.2 Å². The lowest BCUT2D eigenvalue weighted by molar-refractivity contribution is -0.0220. The largest absolute Gasteiger partial charge is 0.299 e. The van der Waals surface area contributed by atoms with Crippen LogP contribution in [0, 0.1) is 5.92 Å².